The van der Waals surface area contributed by atoms with E-state index in [0.29, 0.717) is 0 Å². The first kappa shape index (κ1) is 19.4. The summed E-state index contributed by atoms with van der Waals surface area (Å²) in [6.07, 6.45) is 7.85. The van der Waals surface area contributed by atoms with Crippen molar-refractivity contribution < 1.29 is 9.53 Å². The number of hydrogen-bond acceptors (Lipinski definition) is 2. The Kier molecular flexibility index (Phi) is 10.3. The zero-order chi connectivity index (χ0) is 14.9. The summed E-state index contributed by atoms with van der Waals surface area (Å²) in [5.41, 5.74) is 0. The van der Waals surface area contributed by atoms with Crippen LogP contribution >= 0.6 is 46.4 Å². The van der Waals surface area contributed by atoms with Gasteiger partial charge >= 0.3 is 5.97 Å². The molecular formula is C13H20Cl4O2. The first-order valence-electron chi connectivity index (χ1n) is 6.41. The van der Waals surface area contributed by atoms with Gasteiger partial charge in [0.05, 0.1) is 5.38 Å². The van der Waals surface area contributed by atoms with Crippen molar-refractivity contribution in [2.75, 3.05) is 0 Å². The van der Waals surface area contributed by atoms with Crippen molar-refractivity contribution in [3.8, 4) is 0 Å². The van der Waals surface area contributed by atoms with E-state index in [1.54, 1.807) is 6.08 Å². The minimum absolute atomic E-state index is 0.320. The average Bonchev–Trinajstić information content (AvgIpc) is 2.31. The van der Waals surface area contributed by atoms with Gasteiger partial charge in [-0.1, -0.05) is 74.0 Å². The monoisotopic (exact) mass is 348 g/mol. The van der Waals surface area contributed by atoms with Crippen molar-refractivity contribution in [2.45, 2.75) is 61.2 Å². The number of allylic oxidation sites excluding steroid dienone is 1. The van der Waals surface area contributed by atoms with Crippen molar-refractivity contribution in [3.05, 3.63) is 12.2 Å². The highest BCUT2D eigenvalue weighted by atomic mass is 35.6. The van der Waals surface area contributed by atoms with Crippen LogP contribution in [0.5, 0.6) is 0 Å². The van der Waals surface area contributed by atoms with Gasteiger partial charge in [-0.2, -0.15) is 0 Å². The van der Waals surface area contributed by atoms with Gasteiger partial charge in [-0.25, -0.2) is 4.79 Å². The molecule has 0 radical (unpaired) electrons. The lowest BCUT2D eigenvalue weighted by Gasteiger charge is -2.21. The molecule has 6 heteroatoms. The van der Waals surface area contributed by atoms with E-state index in [4.69, 9.17) is 51.1 Å². The summed E-state index contributed by atoms with van der Waals surface area (Å²) in [6, 6.07) is 0. The lowest BCUT2D eigenvalue weighted by atomic mass is 10.1. The van der Waals surface area contributed by atoms with Crippen LogP contribution in [0.4, 0.5) is 0 Å². The molecule has 0 aromatic heterocycles. The summed E-state index contributed by atoms with van der Waals surface area (Å²) in [5.74, 6) is -0.899. The summed E-state index contributed by atoms with van der Waals surface area (Å²) in [6.45, 7) is 4.11. The molecule has 0 aliphatic heterocycles. The van der Waals surface area contributed by atoms with E-state index in [2.05, 4.69) is 6.92 Å². The molecule has 0 bridgehead atoms. The van der Waals surface area contributed by atoms with E-state index in [0.717, 1.165) is 32.1 Å². The molecule has 0 aliphatic carbocycles. The Balaban J connectivity index is 4.58. The van der Waals surface area contributed by atoms with Gasteiger partial charge < -0.3 is 4.74 Å². The number of rotatable bonds is 8. The fraction of sp³-hybridized carbons (Fsp3) is 0.769. The second kappa shape index (κ2) is 10.1. The van der Waals surface area contributed by atoms with Gasteiger partial charge in [-0.05, 0) is 18.9 Å². The molecule has 0 aromatic rings. The van der Waals surface area contributed by atoms with Crippen LogP contribution in [-0.2, 0) is 9.53 Å². The summed E-state index contributed by atoms with van der Waals surface area (Å²) < 4.78 is 3.08. The topological polar surface area (TPSA) is 26.3 Å². The van der Waals surface area contributed by atoms with Gasteiger partial charge in [0.25, 0.3) is 3.79 Å². The van der Waals surface area contributed by atoms with Gasteiger partial charge in [-0.15, -0.1) is 11.6 Å². The molecule has 0 spiro atoms. The van der Waals surface area contributed by atoms with Crippen LogP contribution in [0.3, 0.4) is 0 Å². The van der Waals surface area contributed by atoms with E-state index in [1.807, 2.05) is 13.0 Å². The Morgan fingerprint density at radius 1 is 1.26 bits per heavy atom. The number of alkyl halides is 4. The Bertz CT molecular complexity index is 287. The molecule has 0 aliphatic rings. The molecule has 2 nitrogen and oxygen atoms in total. The molecule has 19 heavy (non-hydrogen) atoms. The van der Waals surface area contributed by atoms with Crippen molar-refractivity contribution in [3.63, 3.8) is 0 Å². The highest BCUT2D eigenvalue weighted by Crippen LogP contribution is 2.29. The summed E-state index contributed by atoms with van der Waals surface area (Å²) in [7, 11) is 0. The molecule has 0 rings (SSSR count). The zero-order valence-electron chi connectivity index (χ0n) is 11.2. The number of ether oxygens (including phenoxy) is 1. The van der Waals surface area contributed by atoms with Crippen LogP contribution in [0, 0.1) is 0 Å². The number of halogens is 4. The van der Waals surface area contributed by atoms with Gasteiger partial charge in [0.15, 0.2) is 0 Å². The van der Waals surface area contributed by atoms with Crippen LogP contribution in [0.15, 0.2) is 12.2 Å². The Morgan fingerprint density at radius 3 is 2.37 bits per heavy atom. The average molecular weight is 350 g/mol. The Hall–Kier alpha value is 0.370. The Morgan fingerprint density at radius 2 is 1.89 bits per heavy atom. The second-order valence-electron chi connectivity index (χ2n) is 4.24. The van der Waals surface area contributed by atoms with Gasteiger partial charge in [0.1, 0.15) is 6.10 Å². The number of unbranched alkanes of at least 4 members (excludes halogenated alkanes) is 2. The van der Waals surface area contributed by atoms with Crippen molar-refractivity contribution >= 4 is 52.4 Å². The van der Waals surface area contributed by atoms with Crippen LogP contribution in [0.1, 0.15) is 46.0 Å². The fourth-order valence-corrected chi connectivity index (χ4v) is 1.90. The molecule has 0 saturated carbocycles. The molecule has 0 fully saturated rings. The van der Waals surface area contributed by atoms with Crippen molar-refractivity contribution in [1.29, 1.82) is 0 Å². The van der Waals surface area contributed by atoms with Crippen molar-refractivity contribution in [1.82, 2.24) is 0 Å². The smallest absolute Gasteiger partial charge is 0.359 e. The third-order valence-corrected chi connectivity index (χ3v) is 3.38. The van der Waals surface area contributed by atoms with Gasteiger partial charge in [0.2, 0.25) is 0 Å². The minimum atomic E-state index is -2.07. The number of hydrogen-bond donors (Lipinski definition) is 0. The van der Waals surface area contributed by atoms with Gasteiger partial charge in [-0.3, -0.25) is 0 Å². The van der Waals surface area contributed by atoms with E-state index in [1.165, 1.54) is 0 Å². The van der Waals surface area contributed by atoms with E-state index >= 15 is 0 Å². The third-order valence-electron chi connectivity index (χ3n) is 2.45. The van der Waals surface area contributed by atoms with Crippen LogP contribution in [0.25, 0.3) is 0 Å². The highest BCUT2D eigenvalue weighted by Gasteiger charge is 2.35. The summed E-state index contributed by atoms with van der Waals surface area (Å²) >= 11 is 22.6. The maximum Gasteiger partial charge on any atom is 0.359 e. The number of carbonyl (C=O) groups is 1. The number of esters is 1. The molecule has 0 aromatic carbocycles. The number of carbonyl (C=O) groups excluding carboxylic acids is 1. The first-order chi connectivity index (χ1) is 8.82. The van der Waals surface area contributed by atoms with E-state index in [9.17, 15) is 4.79 Å². The van der Waals surface area contributed by atoms with Crippen LogP contribution < -0.4 is 0 Å². The molecule has 0 saturated heterocycles. The molecular weight excluding hydrogens is 330 g/mol. The largest absolute Gasteiger partial charge is 0.453 e. The quantitative estimate of drug-likeness (QED) is 0.253. The third kappa shape index (κ3) is 9.01. The van der Waals surface area contributed by atoms with Gasteiger partial charge in [0, 0.05) is 0 Å². The second-order valence-corrected chi connectivity index (χ2v) is 7.08. The lowest BCUT2D eigenvalue weighted by Crippen LogP contribution is -2.31. The van der Waals surface area contributed by atoms with E-state index in [-0.39, 0.29) is 5.38 Å². The molecule has 0 unspecified atom stereocenters. The molecule has 112 valence electrons. The lowest BCUT2D eigenvalue weighted by molar-refractivity contribution is -0.145. The highest BCUT2D eigenvalue weighted by molar-refractivity contribution is 6.75. The predicted octanol–water partition coefficient (Wildman–Crippen LogP) is 5.42. The normalized spacial score (nSPS) is 15.5. The van der Waals surface area contributed by atoms with Crippen LogP contribution in [-0.4, -0.2) is 21.2 Å². The molecule has 2 atom stereocenters. The predicted molar refractivity (Wildman–Crippen MR) is 83.4 cm³/mol. The van der Waals surface area contributed by atoms with Crippen molar-refractivity contribution in [2.24, 2.45) is 0 Å². The standard InChI is InChI=1S/C13H20Cl4O2/c1-3-5-6-7-9-11(10(14)8-4-2)19-12(18)13(15,16)17/h7,9-11H,3-6,8H2,1-2H3/b9-7-/t10-,11+/m1/s1. The summed E-state index contributed by atoms with van der Waals surface area (Å²) in [4.78, 5) is 11.6. The first-order valence-corrected chi connectivity index (χ1v) is 7.98. The maximum absolute atomic E-state index is 11.6. The zero-order valence-corrected chi connectivity index (χ0v) is 14.2. The molecule has 0 amide bonds. The van der Waals surface area contributed by atoms with Crippen LogP contribution in [0.2, 0.25) is 0 Å². The minimum Gasteiger partial charge on any atom is -0.453 e. The van der Waals surface area contributed by atoms with E-state index < -0.39 is 15.9 Å². The maximum atomic E-state index is 11.6. The fourth-order valence-electron chi connectivity index (χ4n) is 1.42. The Labute approximate surface area is 135 Å². The SMILES string of the molecule is CCCC/C=C\[C@H](OC(=O)C(Cl)(Cl)Cl)[C@H](Cl)CCC. The molecule has 0 N–H and O–H groups in total. The molecule has 0 heterocycles. The summed E-state index contributed by atoms with van der Waals surface area (Å²) in [5, 5.41) is -0.320.